The van der Waals surface area contributed by atoms with Gasteiger partial charge in [0.25, 0.3) is 0 Å². The lowest BCUT2D eigenvalue weighted by Gasteiger charge is -2.30. The topological polar surface area (TPSA) is 55.5 Å². The number of phenols is 1. The summed E-state index contributed by atoms with van der Waals surface area (Å²) < 4.78 is 11.9. The van der Waals surface area contributed by atoms with Crippen LogP contribution in [0, 0.1) is 10.8 Å². The SMILES string of the molecule is CC(C)(C)C1=C(c2ccc(-c3nc4ccccc4o3)c(O)c2)OCC1(C)C. The number of para-hydroxylation sites is 2. The summed E-state index contributed by atoms with van der Waals surface area (Å²) in [5.74, 6) is 1.41. The smallest absolute Gasteiger partial charge is 0.231 e. The molecule has 3 aromatic rings. The highest BCUT2D eigenvalue weighted by molar-refractivity contribution is 5.79. The van der Waals surface area contributed by atoms with Crippen LogP contribution >= 0.6 is 0 Å². The van der Waals surface area contributed by atoms with E-state index in [9.17, 15) is 5.11 Å². The molecule has 4 rings (SSSR count). The van der Waals surface area contributed by atoms with Crippen molar-refractivity contribution in [2.24, 2.45) is 10.8 Å². The van der Waals surface area contributed by atoms with Crippen LogP contribution in [0.4, 0.5) is 0 Å². The summed E-state index contributed by atoms with van der Waals surface area (Å²) in [6.07, 6.45) is 0. The van der Waals surface area contributed by atoms with E-state index in [1.54, 1.807) is 6.07 Å². The molecule has 0 saturated heterocycles. The normalized spacial score (nSPS) is 16.8. The Kier molecular flexibility index (Phi) is 3.84. The molecule has 0 atom stereocenters. The van der Waals surface area contributed by atoms with Crippen LogP contribution in [-0.4, -0.2) is 16.7 Å². The van der Waals surface area contributed by atoms with Crippen molar-refractivity contribution in [1.29, 1.82) is 0 Å². The van der Waals surface area contributed by atoms with E-state index in [4.69, 9.17) is 9.15 Å². The zero-order chi connectivity index (χ0) is 19.4. The number of aromatic hydroxyl groups is 1. The van der Waals surface area contributed by atoms with Crippen LogP contribution in [0.1, 0.15) is 40.2 Å². The van der Waals surface area contributed by atoms with Crippen molar-refractivity contribution in [2.75, 3.05) is 6.61 Å². The highest BCUT2D eigenvalue weighted by Gasteiger charge is 2.41. The van der Waals surface area contributed by atoms with Gasteiger partial charge in [0.05, 0.1) is 12.2 Å². The largest absolute Gasteiger partial charge is 0.507 e. The Morgan fingerprint density at radius 3 is 2.48 bits per heavy atom. The zero-order valence-corrected chi connectivity index (χ0v) is 16.5. The number of oxazole rings is 1. The second-order valence-corrected chi connectivity index (χ2v) is 8.85. The summed E-state index contributed by atoms with van der Waals surface area (Å²) in [6.45, 7) is 11.6. The van der Waals surface area contributed by atoms with Gasteiger partial charge in [-0.2, -0.15) is 0 Å². The first-order chi connectivity index (χ1) is 12.7. The van der Waals surface area contributed by atoms with Crippen molar-refractivity contribution in [3.8, 4) is 17.2 Å². The van der Waals surface area contributed by atoms with E-state index in [1.165, 1.54) is 5.57 Å². The van der Waals surface area contributed by atoms with Gasteiger partial charge in [0.1, 0.15) is 17.0 Å². The predicted molar refractivity (Wildman–Crippen MR) is 107 cm³/mol. The molecule has 0 saturated carbocycles. The standard InChI is InChI=1S/C23H25NO3/c1-22(2,3)20-19(26-13-23(20,4)5)14-10-11-15(17(25)12-14)21-24-16-8-6-7-9-18(16)27-21/h6-12,25H,13H2,1-5H3. The molecule has 0 aliphatic carbocycles. The quantitative estimate of drug-likeness (QED) is 0.605. The molecular formula is C23H25NO3. The highest BCUT2D eigenvalue weighted by Crippen LogP contribution is 2.50. The summed E-state index contributed by atoms with van der Waals surface area (Å²) >= 11 is 0. The third-order valence-electron chi connectivity index (χ3n) is 5.02. The minimum atomic E-state index is -0.0395. The first-order valence-corrected chi connectivity index (χ1v) is 9.24. The molecule has 0 spiro atoms. The number of fused-ring (bicyclic) bond motifs is 1. The second-order valence-electron chi connectivity index (χ2n) is 8.85. The highest BCUT2D eigenvalue weighted by atomic mass is 16.5. The van der Waals surface area contributed by atoms with E-state index < -0.39 is 0 Å². The molecular weight excluding hydrogens is 338 g/mol. The van der Waals surface area contributed by atoms with Crippen molar-refractivity contribution in [3.05, 3.63) is 53.6 Å². The molecule has 2 heterocycles. The molecule has 4 heteroatoms. The van der Waals surface area contributed by atoms with E-state index in [-0.39, 0.29) is 16.6 Å². The predicted octanol–water partition coefficient (Wildman–Crippen LogP) is 6.01. The van der Waals surface area contributed by atoms with Crippen LogP contribution in [0.3, 0.4) is 0 Å². The summed E-state index contributed by atoms with van der Waals surface area (Å²) in [7, 11) is 0. The van der Waals surface area contributed by atoms with Crippen LogP contribution in [0.5, 0.6) is 5.75 Å². The van der Waals surface area contributed by atoms with Gasteiger partial charge in [-0.15, -0.1) is 0 Å². The van der Waals surface area contributed by atoms with E-state index in [0.717, 1.165) is 16.8 Å². The molecule has 1 aliphatic rings. The Morgan fingerprint density at radius 1 is 1.07 bits per heavy atom. The Labute approximate surface area is 159 Å². The Bertz CT molecular complexity index is 1020. The van der Waals surface area contributed by atoms with E-state index in [1.807, 2.05) is 36.4 Å². The van der Waals surface area contributed by atoms with Gasteiger partial charge in [-0.1, -0.05) is 52.8 Å². The number of ether oxygens (including phenoxy) is 1. The van der Waals surface area contributed by atoms with Gasteiger partial charge in [0.2, 0.25) is 5.89 Å². The number of benzene rings is 2. The van der Waals surface area contributed by atoms with E-state index in [0.29, 0.717) is 23.6 Å². The average molecular weight is 363 g/mol. The number of rotatable bonds is 2. The van der Waals surface area contributed by atoms with Crippen LogP contribution < -0.4 is 0 Å². The Balaban J connectivity index is 1.80. The average Bonchev–Trinajstić information content (AvgIpc) is 3.14. The zero-order valence-electron chi connectivity index (χ0n) is 16.5. The first kappa shape index (κ1) is 17.7. The fourth-order valence-corrected chi connectivity index (χ4v) is 4.13. The molecule has 1 aromatic heterocycles. The maximum atomic E-state index is 10.7. The number of hydrogen-bond acceptors (Lipinski definition) is 4. The molecule has 2 aromatic carbocycles. The van der Waals surface area contributed by atoms with Crippen molar-refractivity contribution in [2.45, 2.75) is 34.6 Å². The van der Waals surface area contributed by atoms with Crippen LogP contribution in [0.15, 0.2) is 52.5 Å². The third kappa shape index (κ3) is 2.99. The molecule has 1 N–H and O–H groups in total. The Morgan fingerprint density at radius 2 is 1.81 bits per heavy atom. The number of aromatic nitrogens is 1. The van der Waals surface area contributed by atoms with Crippen LogP contribution in [0.2, 0.25) is 0 Å². The maximum absolute atomic E-state index is 10.7. The summed E-state index contributed by atoms with van der Waals surface area (Å²) in [5, 5.41) is 10.7. The van der Waals surface area contributed by atoms with Crippen molar-refractivity contribution in [3.63, 3.8) is 0 Å². The molecule has 140 valence electrons. The van der Waals surface area contributed by atoms with Crippen molar-refractivity contribution in [1.82, 2.24) is 4.98 Å². The minimum absolute atomic E-state index is 0.0239. The van der Waals surface area contributed by atoms with Crippen molar-refractivity contribution < 1.29 is 14.3 Å². The Hall–Kier alpha value is -2.75. The van der Waals surface area contributed by atoms with Gasteiger partial charge in [-0.05, 0) is 35.3 Å². The first-order valence-electron chi connectivity index (χ1n) is 9.24. The van der Waals surface area contributed by atoms with E-state index >= 15 is 0 Å². The number of nitrogens with zero attached hydrogens (tertiary/aromatic N) is 1. The lowest BCUT2D eigenvalue weighted by molar-refractivity contribution is 0.213. The van der Waals surface area contributed by atoms with E-state index in [2.05, 4.69) is 39.6 Å². The summed E-state index contributed by atoms with van der Waals surface area (Å²) in [4.78, 5) is 4.48. The van der Waals surface area contributed by atoms with Crippen LogP contribution in [-0.2, 0) is 4.74 Å². The minimum Gasteiger partial charge on any atom is -0.507 e. The lowest BCUT2D eigenvalue weighted by atomic mass is 9.71. The summed E-state index contributed by atoms with van der Waals surface area (Å²) in [6, 6.07) is 13.1. The molecule has 0 amide bonds. The number of phenolic OH excluding ortho intramolecular Hbond substituents is 1. The maximum Gasteiger partial charge on any atom is 0.231 e. The molecule has 27 heavy (non-hydrogen) atoms. The molecule has 0 fully saturated rings. The monoisotopic (exact) mass is 363 g/mol. The number of hydrogen-bond donors (Lipinski definition) is 1. The molecule has 4 nitrogen and oxygen atoms in total. The molecule has 0 radical (unpaired) electrons. The van der Waals surface area contributed by atoms with Gasteiger partial charge in [-0.3, -0.25) is 0 Å². The van der Waals surface area contributed by atoms with Gasteiger partial charge in [0.15, 0.2) is 5.58 Å². The lowest BCUT2D eigenvalue weighted by Crippen LogP contribution is -2.24. The second kappa shape index (κ2) is 5.88. The molecule has 1 aliphatic heterocycles. The van der Waals surface area contributed by atoms with Crippen molar-refractivity contribution >= 4 is 16.9 Å². The van der Waals surface area contributed by atoms with Gasteiger partial charge >= 0.3 is 0 Å². The summed E-state index contributed by atoms with van der Waals surface area (Å²) in [5.41, 5.74) is 4.13. The van der Waals surface area contributed by atoms with Gasteiger partial charge in [0, 0.05) is 11.0 Å². The molecule has 0 bridgehead atoms. The third-order valence-corrected chi connectivity index (χ3v) is 5.02. The molecule has 0 unspecified atom stereocenters. The van der Waals surface area contributed by atoms with Gasteiger partial charge < -0.3 is 14.3 Å². The fraction of sp³-hybridized carbons (Fsp3) is 0.348. The fourth-order valence-electron chi connectivity index (χ4n) is 4.13. The van der Waals surface area contributed by atoms with Gasteiger partial charge in [-0.25, -0.2) is 4.98 Å². The van der Waals surface area contributed by atoms with Crippen LogP contribution in [0.25, 0.3) is 28.3 Å².